The SMILES string of the molecule is CCOc1ccc(N2C[C@H](C(=O)N3CCOCC3)CC2=O)cc1. The van der Waals surface area contributed by atoms with Crippen molar-refractivity contribution in [3.63, 3.8) is 0 Å². The van der Waals surface area contributed by atoms with Gasteiger partial charge in [-0.25, -0.2) is 0 Å². The molecule has 1 aromatic rings. The van der Waals surface area contributed by atoms with E-state index >= 15 is 0 Å². The van der Waals surface area contributed by atoms with Crippen molar-refractivity contribution in [3.8, 4) is 5.75 Å². The van der Waals surface area contributed by atoms with Crippen molar-refractivity contribution in [1.82, 2.24) is 4.90 Å². The zero-order valence-corrected chi connectivity index (χ0v) is 13.4. The van der Waals surface area contributed by atoms with E-state index in [1.807, 2.05) is 36.1 Å². The second kappa shape index (κ2) is 7.00. The van der Waals surface area contributed by atoms with E-state index in [4.69, 9.17) is 9.47 Å². The van der Waals surface area contributed by atoms with Crippen LogP contribution in [0.25, 0.3) is 0 Å². The Hall–Kier alpha value is -2.08. The summed E-state index contributed by atoms with van der Waals surface area (Å²) in [5.74, 6) is 0.590. The molecular formula is C17H22N2O4. The standard InChI is InChI=1S/C17H22N2O4/c1-2-23-15-5-3-14(4-6-15)19-12-13(11-16(19)20)17(21)18-7-9-22-10-8-18/h3-6,13H,2,7-12H2,1H3/t13-/m1/s1. The summed E-state index contributed by atoms with van der Waals surface area (Å²) in [6, 6.07) is 7.43. The second-order valence-corrected chi connectivity index (χ2v) is 5.77. The topological polar surface area (TPSA) is 59.1 Å². The summed E-state index contributed by atoms with van der Waals surface area (Å²) in [4.78, 5) is 28.3. The number of hydrogen-bond acceptors (Lipinski definition) is 4. The molecule has 124 valence electrons. The highest BCUT2D eigenvalue weighted by atomic mass is 16.5. The first-order valence-electron chi connectivity index (χ1n) is 8.09. The number of rotatable bonds is 4. The number of hydrogen-bond donors (Lipinski definition) is 0. The van der Waals surface area contributed by atoms with Crippen LogP contribution >= 0.6 is 0 Å². The molecule has 1 atom stereocenters. The maximum absolute atomic E-state index is 12.5. The molecule has 2 aliphatic heterocycles. The van der Waals surface area contributed by atoms with Crippen molar-refractivity contribution in [2.24, 2.45) is 5.92 Å². The normalized spacial score (nSPS) is 21.6. The van der Waals surface area contributed by atoms with Gasteiger partial charge in [-0.2, -0.15) is 0 Å². The van der Waals surface area contributed by atoms with Crippen LogP contribution in [0.3, 0.4) is 0 Å². The van der Waals surface area contributed by atoms with Gasteiger partial charge in [0.05, 0.1) is 25.7 Å². The number of morpholine rings is 1. The average Bonchev–Trinajstić information content (AvgIpc) is 2.98. The first-order valence-corrected chi connectivity index (χ1v) is 8.09. The molecule has 0 aromatic heterocycles. The van der Waals surface area contributed by atoms with E-state index in [0.717, 1.165) is 11.4 Å². The fraction of sp³-hybridized carbons (Fsp3) is 0.529. The number of carbonyl (C=O) groups is 2. The zero-order valence-electron chi connectivity index (χ0n) is 13.4. The van der Waals surface area contributed by atoms with Gasteiger partial charge < -0.3 is 19.3 Å². The fourth-order valence-corrected chi connectivity index (χ4v) is 3.05. The van der Waals surface area contributed by atoms with Gasteiger partial charge in [-0.3, -0.25) is 9.59 Å². The van der Waals surface area contributed by atoms with Crippen LogP contribution in [0.4, 0.5) is 5.69 Å². The van der Waals surface area contributed by atoms with Crippen LogP contribution in [-0.2, 0) is 14.3 Å². The lowest BCUT2D eigenvalue weighted by atomic mass is 10.1. The van der Waals surface area contributed by atoms with Crippen LogP contribution < -0.4 is 9.64 Å². The number of benzene rings is 1. The van der Waals surface area contributed by atoms with E-state index in [2.05, 4.69) is 0 Å². The van der Waals surface area contributed by atoms with Gasteiger partial charge in [-0.1, -0.05) is 0 Å². The maximum Gasteiger partial charge on any atom is 0.228 e. The Morgan fingerprint density at radius 1 is 1.26 bits per heavy atom. The zero-order chi connectivity index (χ0) is 16.2. The van der Waals surface area contributed by atoms with Crippen LogP contribution in [0.1, 0.15) is 13.3 Å². The molecule has 6 heteroatoms. The molecule has 0 spiro atoms. The number of carbonyl (C=O) groups excluding carboxylic acids is 2. The first-order chi connectivity index (χ1) is 11.2. The van der Waals surface area contributed by atoms with Crippen molar-refractivity contribution in [2.75, 3.05) is 44.4 Å². The highest BCUT2D eigenvalue weighted by Crippen LogP contribution is 2.28. The van der Waals surface area contributed by atoms with Gasteiger partial charge in [-0.15, -0.1) is 0 Å². The molecule has 23 heavy (non-hydrogen) atoms. The molecule has 1 aromatic carbocycles. The lowest BCUT2D eigenvalue weighted by Crippen LogP contribution is -2.44. The Morgan fingerprint density at radius 2 is 1.96 bits per heavy atom. The minimum Gasteiger partial charge on any atom is -0.494 e. The summed E-state index contributed by atoms with van der Waals surface area (Å²) in [6.45, 7) is 5.38. The van der Waals surface area contributed by atoms with Gasteiger partial charge >= 0.3 is 0 Å². The summed E-state index contributed by atoms with van der Waals surface area (Å²) in [7, 11) is 0. The van der Waals surface area contributed by atoms with Crippen LogP contribution in [0.15, 0.2) is 24.3 Å². The molecule has 2 amide bonds. The number of amides is 2. The third-order valence-electron chi connectivity index (χ3n) is 4.26. The molecule has 2 heterocycles. The summed E-state index contributed by atoms with van der Waals surface area (Å²) >= 11 is 0. The van der Waals surface area contributed by atoms with Crippen LogP contribution in [0.2, 0.25) is 0 Å². The van der Waals surface area contributed by atoms with E-state index < -0.39 is 0 Å². The molecule has 2 fully saturated rings. The van der Waals surface area contributed by atoms with E-state index in [0.29, 0.717) is 39.5 Å². The van der Waals surface area contributed by atoms with Gasteiger partial charge in [0.15, 0.2) is 0 Å². The predicted octanol–water partition coefficient (Wildman–Crippen LogP) is 1.30. The summed E-state index contributed by atoms with van der Waals surface area (Å²) in [6.07, 6.45) is 0.281. The predicted molar refractivity (Wildman–Crippen MR) is 85.5 cm³/mol. The highest BCUT2D eigenvalue weighted by molar-refractivity contribution is 6.00. The molecule has 6 nitrogen and oxygen atoms in total. The van der Waals surface area contributed by atoms with Crippen molar-refractivity contribution in [2.45, 2.75) is 13.3 Å². The number of anilines is 1. The fourth-order valence-electron chi connectivity index (χ4n) is 3.05. The van der Waals surface area contributed by atoms with Crippen LogP contribution in [-0.4, -0.2) is 56.2 Å². The van der Waals surface area contributed by atoms with Gasteiger partial charge in [0, 0.05) is 31.7 Å². The van der Waals surface area contributed by atoms with Gasteiger partial charge in [-0.05, 0) is 31.2 Å². The lowest BCUT2D eigenvalue weighted by Gasteiger charge is -2.29. The van der Waals surface area contributed by atoms with Crippen molar-refractivity contribution < 1.29 is 19.1 Å². The Kier molecular flexibility index (Phi) is 4.81. The molecule has 0 unspecified atom stereocenters. The van der Waals surface area contributed by atoms with Gasteiger partial charge in [0.2, 0.25) is 11.8 Å². The Morgan fingerprint density at radius 3 is 2.61 bits per heavy atom. The summed E-state index contributed by atoms with van der Waals surface area (Å²) in [5.41, 5.74) is 0.815. The van der Waals surface area contributed by atoms with Crippen LogP contribution in [0, 0.1) is 5.92 Å². The smallest absolute Gasteiger partial charge is 0.228 e. The summed E-state index contributed by atoms with van der Waals surface area (Å²) < 4.78 is 10.7. The van der Waals surface area contributed by atoms with Crippen molar-refractivity contribution >= 4 is 17.5 Å². The third-order valence-corrected chi connectivity index (χ3v) is 4.26. The number of nitrogens with zero attached hydrogens (tertiary/aromatic N) is 2. The molecular weight excluding hydrogens is 296 g/mol. The quantitative estimate of drug-likeness (QED) is 0.839. The molecule has 0 aliphatic carbocycles. The van der Waals surface area contributed by atoms with E-state index in [1.54, 1.807) is 4.90 Å². The highest BCUT2D eigenvalue weighted by Gasteiger charge is 2.37. The summed E-state index contributed by atoms with van der Waals surface area (Å²) in [5, 5.41) is 0. The molecule has 0 radical (unpaired) electrons. The molecule has 2 aliphatic rings. The van der Waals surface area contributed by atoms with Gasteiger partial charge in [0.25, 0.3) is 0 Å². The van der Waals surface area contributed by atoms with Gasteiger partial charge in [0.1, 0.15) is 5.75 Å². The Balaban J connectivity index is 1.65. The van der Waals surface area contributed by atoms with E-state index in [-0.39, 0.29) is 24.2 Å². The second-order valence-electron chi connectivity index (χ2n) is 5.77. The largest absolute Gasteiger partial charge is 0.494 e. The van der Waals surface area contributed by atoms with E-state index in [9.17, 15) is 9.59 Å². The molecule has 0 N–H and O–H groups in total. The Bertz CT molecular complexity index is 566. The van der Waals surface area contributed by atoms with Crippen molar-refractivity contribution in [1.29, 1.82) is 0 Å². The Labute approximate surface area is 136 Å². The van der Waals surface area contributed by atoms with Crippen LogP contribution in [0.5, 0.6) is 5.75 Å². The van der Waals surface area contributed by atoms with E-state index in [1.165, 1.54) is 0 Å². The number of ether oxygens (including phenoxy) is 2. The minimum atomic E-state index is -0.257. The molecule has 3 rings (SSSR count). The van der Waals surface area contributed by atoms with Crippen molar-refractivity contribution in [3.05, 3.63) is 24.3 Å². The molecule has 2 saturated heterocycles. The first kappa shape index (κ1) is 15.8. The average molecular weight is 318 g/mol. The third kappa shape index (κ3) is 3.47. The lowest BCUT2D eigenvalue weighted by molar-refractivity contribution is -0.139. The minimum absolute atomic E-state index is 0.000712. The monoisotopic (exact) mass is 318 g/mol. The maximum atomic E-state index is 12.5. The molecule has 0 bridgehead atoms. The molecule has 0 saturated carbocycles.